The molecule has 0 aliphatic rings. The number of nitrogens with one attached hydrogen (secondary N) is 1. The van der Waals surface area contributed by atoms with Gasteiger partial charge in [0.2, 0.25) is 0 Å². The van der Waals surface area contributed by atoms with Crippen molar-refractivity contribution < 1.29 is 19.1 Å². The number of anilines is 4. The summed E-state index contributed by atoms with van der Waals surface area (Å²) in [5.41, 5.74) is 27.0. The number of ether oxygens (including phenoxy) is 2. The van der Waals surface area contributed by atoms with Crippen molar-refractivity contribution in [1.29, 1.82) is 0 Å². The van der Waals surface area contributed by atoms with Crippen LogP contribution in [0, 0.1) is 0 Å². The summed E-state index contributed by atoms with van der Waals surface area (Å²) < 4.78 is 8.57. The fraction of sp³-hybridized carbons (Fsp3) is 0.167. The van der Waals surface area contributed by atoms with E-state index in [2.05, 4.69) is 19.8 Å². The van der Waals surface area contributed by atoms with Gasteiger partial charge in [-0.25, -0.2) is 9.59 Å². The highest BCUT2D eigenvalue weighted by Gasteiger charge is 2.06. The normalized spacial score (nSPS) is 10.4. The first-order valence-corrected chi connectivity index (χ1v) is 9.30. The number of rotatable bonds is 1. The van der Waals surface area contributed by atoms with Gasteiger partial charge in [-0.05, 0) is 41.6 Å². The maximum Gasteiger partial charge on any atom is 0.435 e. The molecule has 9 N–H and O–H groups in total. The molecule has 2 aromatic carbocycles. The molecule has 0 aliphatic heterocycles. The van der Waals surface area contributed by atoms with E-state index < -0.39 is 12.2 Å². The Bertz CT molecular complexity index is 854. The van der Waals surface area contributed by atoms with Crippen molar-refractivity contribution in [3.05, 3.63) is 36.4 Å². The molecule has 29 heavy (non-hydrogen) atoms. The van der Waals surface area contributed by atoms with Crippen LogP contribution in [0.3, 0.4) is 0 Å². The van der Waals surface area contributed by atoms with Gasteiger partial charge in [0.1, 0.15) is 0 Å². The molecule has 0 heterocycles. The van der Waals surface area contributed by atoms with Crippen LogP contribution in [-0.2, 0) is 9.47 Å². The second-order valence-corrected chi connectivity index (χ2v) is 6.19. The zero-order valence-electron chi connectivity index (χ0n) is 16.3. The number of carbonyl (C=O) groups is 2. The van der Waals surface area contributed by atoms with Crippen LogP contribution in [0.4, 0.5) is 32.3 Å². The summed E-state index contributed by atoms with van der Waals surface area (Å²) in [6, 6.07) is 11.0. The lowest BCUT2D eigenvalue weighted by Gasteiger charge is -2.07. The number of benzene rings is 2. The van der Waals surface area contributed by atoms with E-state index in [1.165, 1.54) is 14.2 Å². The van der Waals surface area contributed by atoms with Crippen LogP contribution in [0.1, 0.15) is 0 Å². The Kier molecular flexibility index (Phi) is 9.13. The van der Waals surface area contributed by atoms with Crippen molar-refractivity contribution in [2.24, 2.45) is 4.99 Å². The molecule has 0 atom stereocenters. The van der Waals surface area contributed by atoms with Crippen LogP contribution in [-0.4, -0.2) is 37.8 Å². The lowest BCUT2D eigenvalue weighted by atomic mass is 10.0. The molecule has 0 spiro atoms. The van der Waals surface area contributed by atoms with Crippen molar-refractivity contribution in [2.45, 2.75) is 0 Å². The Morgan fingerprint density at radius 3 is 1.69 bits per heavy atom. The molecule has 2 rings (SSSR count). The Morgan fingerprint density at radius 2 is 1.34 bits per heavy atom. The van der Waals surface area contributed by atoms with Crippen LogP contribution in [0.25, 0.3) is 11.1 Å². The first-order valence-electron chi connectivity index (χ1n) is 8.07. The molecule has 10 nitrogen and oxygen atoms in total. The molecular formula is C18H24N6O4S. The first-order chi connectivity index (χ1) is 13.7. The predicted octanol–water partition coefficient (Wildman–Crippen LogP) is 2.51. The Balaban J connectivity index is 0.000000298. The van der Waals surface area contributed by atoms with Gasteiger partial charge in [0.25, 0.3) is 0 Å². The summed E-state index contributed by atoms with van der Waals surface area (Å²) >= 11 is 1.09. The minimum absolute atomic E-state index is 0.124. The number of alkyl carbamates (subject to hydrolysis) is 1. The van der Waals surface area contributed by atoms with Crippen LogP contribution >= 0.6 is 11.8 Å². The average Bonchev–Trinajstić information content (AvgIpc) is 2.71. The fourth-order valence-corrected chi connectivity index (χ4v) is 2.25. The molecule has 0 bridgehead atoms. The second kappa shape index (κ2) is 11.3. The van der Waals surface area contributed by atoms with E-state index in [0.717, 1.165) is 22.9 Å². The molecule has 2 amide bonds. The number of nitrogens with two attached hydrogens (primary N) is 4. The van der Waals surface area contributed by atoms with Crippen LogP contribution in [0.2, 0.25) is 0 Å². The van der Waals surface area contributed by atoms with Gasteiger partial charge in [-0.15, -0.1) is 0 Å². The van der Waals surface area contributed by atoms with E-state index in [0.29, 0.717) is 22.7 Å². The molecule has 11 heteroatoms. The number of methoxy groups -OCH3 is 2. The molecule has 0 unspecified atom stereocenters. The van der Waals surface area contributed by atoms with Gasteiger partial charge in [-0.2, -0.15) is 4.99 Å². The number of hydrogen-bond donors (Lipinski definition) is 5. The molecule has 0 fully saturated rings. The summed E-state index contributed by atoms with van der Waals surface area (Å²) in [6.07, 6.45) is 0.190. The topological polar surface area (TPSA) is 181 Å². The Morgan fingerprint density at radius 1 is 0.862 bits per heavy atom. The van der Waals surface area contributed by atoms with Gasteiger partial charge in [-0.3, -0.25) is 5.32 Å². The second-order valence-electron chi connectivity index (χ2n) is 5.40. The van der Waals surface area contributed by atoms with E-state index in [4.69, 9.17) is 22.9 Å². The van der Waals surface area contributed by atoms with Gasteiger partial charge in [-0.1, -0.05) is 23.9 Å². The third kappa shape index (κ3) is 7.50. The van der Waals surface area contributed by atoms with Crippen molar-refractivity contribution in [2.75, 3.05) is 43.4 Å². The number of nitrogens with zero attached hydrogens (tertiary/aromatic N) is 1. The molecule has 156 valence electrons. The standard InChI is InChI=1S/C12H14N4.C6H10N2O4S/c13-9-3-1-7(5-11(9)15)8-2-4-10(14)12(16)6-8;1-11-5(9)7-4(13-3)8-6(10)12-2/h1-6H,13-16H2;1-3H3,(H,7,8,9,10). The monoisotopic (exact) mass is 420 g/mol. The molecule has 0 saturated heterocycles. The number of amidine groups is 1. The molecule has 0 radical (unpaired) electrons. The third-order valence-electron chi connectivity index (χ3n) is 3.46. The lowest BCUT2D eigenvalue weighted by molar-refractivity contribution is 0.176. The number of carbonyl (C=O) groups excluding carboxylic acids is 2. The molecule has 0 aromatic heterocycles. The van der Waals surface area contributed by atoms with Gasteiger partial charge >= 0.3 is 12.2 Å². The summed E-state index contributed by atoms with van der Waals surface area (Å²) in [4.78, 5) is 24.7. The highest BCUT2D eigenvalue weighted by Crippen LogP contribution is 2.28. The van der Waals surface area contributed by atoms with Crippen LogP contribution in [0.15, 0.2) is 41.4 Å². The maximum absolute atomic E-state index is 10.7. The first kappa shape index (κ1) is 23.4. The molecule has 0 saturated carbocycles. The summed E-state index contributed by atoms with van der Waals surface area (Å²) in [7, 11) is 2.41. The fourth-order valence-electron chi connectivity index (χ4n) is 1.90. The van der Waals surface area contributed by atoms with Crippen LogP contribution < -0.4 is 28.3 Å². The van der Waals surface area contributed by atoms with Crippen molar-refractivity contribution >= 4 is 51.9 Å². The highest BCUT2D eigenvalue weighted by atomic mass is 32.2. The quantitative estimate of drug-likeness (QED) is 0.263. The van der Waals surface area contributed by atoms with E-state index in [-0.39, 0.29) is 5.17 Å². The van der Waals surface area contributed by atoms with Gasteiger partial charge in [0.15, 0.2) is 5.17 Å². The zero-order chi connectivity index (χ0) is 22.0. The number of thioether (sulfide) groups is 1. The van der Waals surface area contributed by atoms with Gasteiger partial charge in [0.05, 0.1) is 37.0 Å². The number of hydrogen-bond acceptors (Lipinski definition) is 9. The molecule has 2 aromatic rings. The van der Waals surface area contributed by atoms with E-state index in [9.17, 15) is 9.59 Å². The minimum atomic E-state index is -0.777. The predicted molar refractivity (Wildman–Crippen MR) is 118 cm³/mol. The number of nitrogen functional groups attached to an aromatic ring is 4. The molecular weight excluding hydrogens is 396 g/mol. The minimum Gasteiger partial charge on any atom is -0.453 e. The smallest absolute Gasteiger partial charge is 0.435 e. The largest absolute Gasteiger partial charge is 0.453 e. The summed E-state index contributed by atoms with van der Waals surface area (Å²) in [5, 5.41) is 2.36. The molecule has 0 aliphatic carbocycles. The van der Waals surface area contributed by atoms with Gasteiger partial charge < -0.3 is 32.4 Å². The summed E-state index contributed by atoms with van der Waals surface area (Å²) in [6.45, 7) is 0. The van der Waals surface area contributed by atoms with Crippen molar-refractivity contribution in [3.8, 4) is 11.1 Å². The third-order valence-corrected chi connectivity index (χ3v) is 4.04. The van der Waals surface area contributed by atoms with E-state index in [1.807, 2.05) is 24.3 Å². The average molecular weight is 420 g/mol. The van der Waals surface area contributed by atoms with Crippen LogP contribution in [0.5, 0.6) is 0 Å². The zero-order valence-corrected chi connectivity index (χ0v) is 17.1. The van der Waals surface area contributed by atoms with Crippen molar-refractivity contribution in [3.63, 3.8) is 0 Å². The number of aliphatic imine (C=N–C) groups is 1. The number of amides is 2. The lowest BCUT2D eigenvalue weighted by Crippen LogP contribution is -2.28. The maximum atomic E-state index is 10.7. The van der Waals surface area contributed by atoms with E-state index >= 15 is 0 Å². The Hall–Kier alpha value is -3.60. The van der Waals surface area contributed by atoms with Gasteiger partial charge in [0, 0.05) is 0 Å². The van der Waals surface area contributed by atoms with E-state index in [1.54, 1.807) is 18.4 Å². The summed E-state index contributed by atoms with van der Waals surface area (Å²) in [5.74, 6) is 0. The van der Waals surface area contributed by atoms with Crippen molar-refractivity contribution in [1.82, 2.24) is 5.32 Å². The highest BCUT2D eigenvalue weighted by molar-refractivity contribution is 8.13. The SMILES string of the molecule is COC(=O)/N=C(/NC(=O)OC)SC.Nc1ccc(-c2ccc(N)c(N)c2)cc1N. The Labute approximate surface area is 172 Å².